The summed E-state index contributed by atoms with van der Waals surface area (Å²) in [5.74, 6) is 0.311. The number of benzene rings is 2. The van der Waals surface area contributed by atoms with Gasteiger partial charge in [-0.3, -0.25) is 0 Å². The van der Waals surface area contributed by atoms with Gasteiger partial charge in [0.2, 0.25) is 0 Å². The summed E-state index contributed by atoms with van der Waals surface area (Å²) < 4.78 is 26.3. The summed E-state index contributed by atoms with van der Waals surface area (Å²) in [5.41, 5.74) is 14.9. The minimum atomic E-state index is -3.38. The second kappa shape index (κ2) is 7.06. The smallest absolute Gasteiger partial charge is 0.179 e. The summed E-state index contributed by atoms with van der Waals surface area (Å²) in [6.45, 7) is 0.0863. The molecule has 2 aromatic carbocycles. The minimum absolute atomic E-state index is 0.0826. The van der Waals surface area contributed by atoms with E-state index in [0.29, 0.717) is 11.5 Å². The summed E-state index contributed by atoms with van der Waals surface area (Å²) in [4.78, 5) is 8.78. The molecule has 0 amide bonds. The van der Waals surface area contributed by atoms with Crippen LogP contribution >= 0.6 is 0 Å². The average molecular weight is 393 g/mol. The van der Waals surface area contributed by atoms with Gasteiger partial charge in [-0.25, -0.2) is 18.4 Å². The number of anilines is 1. The molecule has 8 heteroatoms. The molecule has 4 rings (SSSR count). The zero-order valence-electron chi connectivity index (χ0n) is 15.0. The minimum Gasteiger partial charge on any atom is -0.383 e. The molecule has 7 nitrogen and oxygen atoms in total. The van der Waals surface area contributed by atoms with Crippen LogP contribution in [0.25, 0.3) is 27.8 Å². The van der Waals surface area contributed by atoms with Crippen LogP contribution in [0.4, 0.5) is 5.82 Å². The van der Waals surface area contributed by atoms with Crippen molar-refractivity contribution in [2.24, 2.45) is 5.73 Å². The molecule has 0 aliphatic rings. The molecule has 0 radical (unpaired) electrons. The van der Waals surface area contributed by atoms with Gasteiger partial charge in [-0.2, -0.15) is 0 Å². The van der Waals surface area contributed by atoms with E-state index in [1.165, 1.54) is 6.33 Å². The van der Waals surface area contributed by atoms with Crippen LogP contribution in [0.2, 0.25) is 0 Å². The molecule has 4 aromatic rings. The molecule has 0 atom stereocenters. The van der Waals surface area contributed by atoms with Gasteiger partial charge < -0.3 is 16.0 Å². The molecule has 0 aliphatic heterocycles. The first-order valence-corrected chi connectivity index (χ1v) is 10.4. The van der Waals surface area contributed by atoms with Crippen LogP contribution in [-0.4, -0.2) is 35.3 Å². The van der Waals surface area contributed by atoms with Crippen molar-refractivity contribution in [3.63, 3.8) is 0 Å². The van der Waals surface area contributed by atoms with Crippen molar-refractivity contribution in [3.8, 4) is 16.8 Å². The first-order chi connectivity index (χ1) is 13.5. The molecule has 0 saturated carbocycles. The van der Waals surface area contributed by atoms with E-state index in [4.69, 9.17) is 11.5 Å². The van der Waals surface area contributed by atoms with Gasteiger partial charge in [-0.1, -0.05) is 30.3 Å². The van der Waals surface area contributed by atoms with E-state index in [1.807, 2.05) is 41.1 Å². The third-order valence-electron chi connectivity index (χ3n) is 4.56. The van der Waals surface area contributed by atoms with Crippen molar-refractivity contribution in [1.82, 2.24) is 14.5 Å². The molecule has 28 heavy (non-hydrogen) atoms. The van der Waals surface area contributed by atoms with Crippen LogP contribution in [0.1, 0.15) is 0 Å². The lowest BCUT2D eigenvalue weighted by molar-refractivity contribution is 0.596. The molecule has 142 valence electrons. The van der Waals surface area contributed by atoms with E-state index >= 15 is 0 Å². The Labute approximate surface area is 162 Å². The second-order valence-electron chi connectivity index (χ2n) is 6.34. The summed E-state index contributed by atoms with van der Waals surface area (Å²) in [6, 6.07) is 16.5. The highest BCUT2D eigenvalue weighted by atomic mass is 32.2. The van der Waals surface area contributed by atoms with Crippen LogP contribution in [0.3, 0.4) is 0 Å². The summed E-state index contributed by atoms with van der Waals surface area (Å²) >= 11 is 0. The Kier molecular flexibility index (Phi) is 4.58. The monoisotopic (exact) mass is 393 g/mol. The molecule has 0 unspecified atom stereocenters. The maximum atomic E-state index is 12.2. The highest BCUT2D eigenvalue weighted by Gasteiger charge is 2.17. The molecule has 0 bridgehead atoms. The van der Waals surface area contributed by atoms with Gasteiger partial charge in [-0.05, 0) is 29.8 Å². The number of fused-ring (bicyclic) bond motifs is 1. The molecule has 2 aromatic heterocycles. The third kappa shape index (κ3) is 3.12. The number of hydrogen-bond donors (Lipinski definition) is 2. The Morgan fingerprint density at radius 2 is 1.68 bits per heavy atom. The van der Waals surface area contributed by atoms with Gasteiger partial charge in [-0.15, -0.1) is 0 Å². The lowest BCUT2D eigenvalue weighted by Crippen LogP contribution is -2.15. The van der Waals surface area contributed by atoms with Crippen LogP contribution in [-0.2, 0) is 9.84 Å². The van der Waals surface area contributed by atoms with Crippen molar-refractivity contribution in [2.75, 3.05) is 18.0 Å². The van der Waals surface area contributed by atoms with Crippen LogP contribution < -0.4 is 11.5 Å². The van der Waals surface area contributed by atoms with Crippen LogP contribution in [0.5, 0.6) is 0 Å². The number of nitrogens with two attached hydrogens (primary N) is 2. The van der Waals surface area contributed by atoms with Crippen LogP contribution in [0, 0.1) is 0 Å². The predicted octanol–water partition coefficient (Wildman–Crippen LogP) is 2.40. The summed E-state index contributed by atoms with van der Waals surface area (Å²) in [7, 11) is -3.38. The predicted molar refractivity (Wildman–Crippen MR) is 110 cm³/mol. The topological polar surface area (TPSA) is 117 Å². The van der Waals surface area contributed by atoms with Crippen molar-refractivity contribution in [1.29, 1.82) is 0 Å². The van der Waals surface area contributed by atoms with E-state index in [2.05, 4.69) is 9.97 Å². The Hall–Kier alpha value is -3.23. The molecule has 2 heterocycles. The average Bonchev–Trinajstić information content (AvgIpc) is 3.10. The Morgan fingerprint density at radius 3 is 2.36 bits per heavy atom. The van der Waals surface area contributed by atoms with Crippen molar-refractivity contribution < 1.29 is 8.42 Å². The van der Waals surface area contributed by atoms with Crippen LogP contribution in [0.15, 0.2) is 72.0 Å². The fraction of sp³-hybridized carbons (Fsp3) is 0.100. The van der Waals surface area contributed by atoms with E-state index in [0.717, 1.165) is 22.2 Å². The Balaban J connectivity index is 1.87. The van der Waals surface area contributed by atoms with Crippen molar-refractivity contribution in [2.45, 2.75) is 4.90 Å². The van der Waals surface area contributed by atoms with Gasteiger partial charge in [0.05, 0.1) is 16.0 Å². The highest BCUT2D eigenvalue weighted by molar-refractivity contribution is 7.91. The molecule has 0 fully saturated rings. The standard InChI is InChI=1S/C20H19N5O2S/c21-10-11-28(26,27)16-8-6-15(7-9-16)25-12-17(14-4-2-1-3-5-14)18-19(22)23-13-24-20(18)25/h1-9,12-13H,10-11,21H2,(H2,22,23,24). The van der Waals surface area contributed by atoms with E-state index < -0.39 is 9.84 Å². The van der Waals surface area contributed by atoms with Gasteiger partial charge in [0.1, 0.15) is 12.1 Å². The molecule has 0 aliphatic carbocycles. The van der Waals surface area contributed by atoms with Gasteiger partial charge in [0.15, 0.2) is 15.5 Å². The summed E-state index contributed by atoms with van der Waals surface area (Å²) in [6.07, 6.45) is 3.36. The molecular formula is C20H19N5O2S. The Bertz CT molecular complexity index is 1230. The number of nitrogens with zero attached hydrogens (tertiary/aromatic N) is 3. The quantitative estimate of drug-likeness (QED) is 0.538. The number of aromatic nitrogens is 3. The molecule has 4 N–H and O–H groups in total. The van der Waals surface area contributed by atoms with E-state index in [-0.39, 0.29) is 17.2 Å². The normalized spacial score (nSPS) is 11.8. The second-order valence-corrected chi connectivity index (χ2v) is 8.45. The number of hydrogen-bond acceptors (Lipinski definition) is 6. The first-order valence-electron chi connectivity index (χ1n) is 8.71. The lowest BCUT2D eigenvalue weighted by Gasteiger charge is -2.07. The first kappa shape index (κ1) is 18.1. The fourth-order valence-corrected chi connectivity index (χ4v) is 4.30. The van der Waals surface area contributed by atoms with E-state index in [1.54, 1.807) is 24.3 Å². The van der Waals surface area contributed by atoms with Gasteiger partial charge >= 0.3 is 0 Å². The van der Waals surface area contributed by atoms with E-state index in [9.17, 15) is 8.42 Å². The zero-order valence-corrected chi connectivity index (χ0v) is 15.8. The maximum absolute atomic E-state index is 12.2. The Morgan fingerprint density at radius 1 is 0.964 bits per heavy atom. The molecule has 0 spiro atoms. The zero-order chi connectivity index (χ0) is 19.7. The third-order valence-corrected chi connectivity index (χ3v) is 6.32. The number of nitrogen functional groups attached to an aromatic ring is 1. The lowest BCUT2D eigenvalue weighted by atomic mass is 10.1. The van der Waals surface area contributed by atoms with Gasteiger partial charge in [0.25, 0.3) is 0 Å². The summed E-state index contributed by atoms with van der Waals surface area (Å²) in [5, 5.41) is 0.758. The molecular weight excluding hydrogens is 374 g/mol. The van der Waals surface area contributed by atoms with Crippen molar-refractivity contribution >= 4 is 26.7 Å². The molecule has 0 saturated heterocycles. The highest BCUT2D eigenvalue weighted by Crippen LogP contribution is 2.34. The fourth-order valence-electron chi connectivity index (χ4n) is 3.21. The number of rotatable bonds is 5. The van der Waals surface area contributed by atoms with Crippen molar-refractivity contribution in [3.05, 3.63) is 67.1 Å². The number of sulfone groups is 1. The maximum Gasteiger partial charge on any atom is 0.179 e. The largest absolute Gasteiger partial charge is 0.383 e. The van der Waals surface area contributed by atoms with Gasteiger partial charge in [0, 0.05) is 24.0 Å². The SMILES string of the molecule is NCCS(=O)(=O)c1ccc(-n2cc(-c3ccccc3)c3c(N)ncnc32)cc1.